The Hall–Kier alpha value is -0.720. The van der Waals surface area contributed by atoms with Crippen molar-refractivity contribution in [2.75, 3.05) is 32.2 Å². The second-order valence-corrected chi connectivity index (χ2v) is 5.43. The maximum atomic E-state index is 5.74. The van der Waals surface area contributed by atoms with Gasteiger partial charge in [0.05, 0.1) is 10.2 Å². The molecule has 0 saturated carbocycles. The number of hydrogen-bond donors (Lipinski definition) is 1. The molecule has 1 aliphatic rings. The lowest BCUT2D eigenvalue weighted by Gasteiger charge is -2.34. The summed E-state index contributed by atoms with van der Waals surface area (Å²) in [5.41, 5.74) is 0.498. The van der Waals surface area contributed by atoms with Gasteiger partial charge in [0.1, 0.15) is 11.4 Å². The zero-order valence-electron chi connectivity index (χ0n) is 11.6. The Kier molecular flexibility index (Phi) is 4.76. The molecule has 19 heavy (non-hydrogen) atoms. The summed E-state index contributed by atoms with van der Waals surface area (Å²) in [6.07, 6.45) is 1.58. The van der Waals surface area contributed by atoms with Crippen molar-refractivity contribution in [2.45, 2.75) is 32.3 Å². The van der Waals surface area contributed by atoms with Gasteiger partial charge in [0.15, 0.2) is 5.82 Å². The molecule has 5 nitrogen and oxygen atoms in total. The molecule has 1 N–H and O–H groups in total. The van der Waals surface area contributed by atoms with Gasteiger partial charge in [-0.3, -0.25) is 0 Å². The van der Waals surface area contributed by atoms with Crippen LogP contribution in [0, 0.1) is 6.92 Å². The largest absolute Gasteiger partial charge is 0.381 e. The van der Waals surface area contributed by atoms with Crippen LogP contribution in [0.2, 0.25) is 0 Å². The minimum absolute atomic E-state index is 0.423. The second-order valence-electron chi connectivity index (χ2n) is 4.64. The van der Waals surface area contributed by atoms with Gasteiger partial charge in [-0.2, -0.15) is 0 Å². The molecular formula is C13H20BrN3O2. The number of halogens is 1. The predicted octanol–water partition coefficient (Wildman–Crippen LogP) is 2.63. The molecule has 2 rings (SSSR count). The molecule has 1 fully saturated rings. The molecule has 0 aliphatic carbocycles. The number of ether oxygens (including phenoxy) is 2. The first-order valence-electron chi connectivity index (χ1n) is 6.54. The molecule has 0 atom stereocenters. The molecule has 0 radical (unpaired) electrons. The van der Waals surface area contributed by atoms with E-state index >= 15 is 0 Å². The Morgan fingerprint density at radius 1 is 1.37 bits per heavy atom. The Labute approximate surface area is 122 Å². The second kappa shape index (κ2) is 6.15. The molecule has 1 aliphatic heterocycles. The van der Waals surface area contributed by atoms with Crippen molar-refractivity contribution in [3.8, 4) is 0 Å². The summed E-state index contributed by atoms with van der Waals surface area (Å²) < 4.78 is 12.1. The van der Waals surface area contributed by atoms with E-state index in [0.717, 1.165) is 41.2 Å². The van der Waals surface area contributed by atoms with E-state index in [4.69, 9.17) is 9.47 Å². The lowest BCUT2D eigenvalue weighted by atomic mass is 9.93. The Bertz CT molecular complexity index is 448. The number of aromatic nitrogens is 2. The molecular weight excluding hydrogens is 310 g/mol. The fourth-order valence-corrected chi connectivity index (χ4v) is 2.59. The quantitative estimate of drug-likeness (QED) is 0.920. The third kappa shape index (κ3) is 2.90. The van der Waals surface area contributed by atoms with Crippen molar-refractivity contribution in [3.05, 3.63) is 16.0 Å². The SMILES string of the molecule is CCNc1nc(C2(OC)CCOCC2)nc(C)c1Br. The highest BCUT2D eigenvalue weighted by molar-refractivity contribution is 9.10. The molecule has 0 bridgehead atoms. The van der Waals surface area contributed by atoms with Gasteiger partial charge in [0.25, 0.3) is 0 Å². The van der Waals surface area contributed by atoms with Crippen LogP contribution in [0.25, 0.3) is 0 Å². The van der Waals surface area contributed by atoms with Crippen LogP contribution in [0.5, 0.6) is 0 Å². The highest BCUT2D eigenvalue weighted by Crippen LogP contribution is 2.35. The molecule has 1 aromatic rings. The predicted molar refractivity (Wildman–Crippen MR) is 77.4 cm³/mol. The molecule has 0 amide bonds. The van der Waals surface area contributed by atoms with Crippen LogP contribution in [-0.4, -0.2) is 36.8 Å². The molecule has 106 valence electrons. The minimum Gasteiger partial charge on any atom is -0.381 e. The van der Waals surface area contributed by atoms with Gasteiger partial charge in [-0.1, -0.05) is 0 Å². The van der Waals surface area contributed by atoms with Gasteiger partial charge in [-0.05, 0) is 29.8 Å². The molecule has 1 saturated heterocycles. The Morgan fingerprint density at radius 2 is 2.05 bits per heavy atom. The Balaban J connectivity index is 2.42. The third-order valence-electron chi connectivity index (χ3n) is 3.46. The summed E-state index contributed by atoms with van der Waals surface area (Å²) in [6, 6.07) is 0. The zero-order chi connectivity index (χ0) is 13.9. The average Bonchev–Trinajstić information content (AvgIpc) is 2.44. The van der Waals surface area contributed by atoms with E-state index in [-0.39, 0.29) is 0 Å². The summed E-state index contributed by atoms with van der Waals surface area (Å²) in [6.45, 7) is 6.20. The smallest absolute Gasteiger partial charge is 0.163 e. The molecule has 6 heteroatoms. The van der Waals surface area contributed by atoms with Gasteiger partial charge in [0.2, 0.25) is 0 Å². The van der Waals surface area contributed by atoms with E-state index in [0.29, 0.717) is 13.2 Å². The molecule has 1 aromatic heterocycles. The van der Waals surface area contributed by atoms with E-state index in [1.165, 1.54) is 0 Å². The number of nitrogens with one attached hydrogen (secondary N) is 1. The van der Waals surface area contributed by atoms with Crippen molar-refractivity contribution in [3.63, 3.8) is 0 Å². The van der Waals surface area contributed by atoms with Gasteiger partial charge >= 0.3 is 0 Å². The summed E-state index contributed by atoms with van der Waals surface area (Å²) in [5, 5.41) is 3.25. The number of hydrogen-bond acceptors (Lipinski definition) is 5. The van der Waals surface area contributed by atoms with Gasteiger partial charge in [0, 0.05) is 39.7 Å². The van der Waals surface area contributed by atoms with E-state index in [1.54, 1.807) is 7.11 Å². The van der Waals surface area contributed by atoms with Crippen LogP contribution < -0.4 is 5.32 Å². The normalized spacial score (nSPS) is 18.3. The molecule has 0 unspecified atom stereocenters. The first kappa shape index (κ1) is 14.7. The lowest BCUT2D eigenvalue weighted by molar-refractivity contribution is -0.1000. The van der Waals surface area contributed by atoms with Crippen LogP contribution in [0.1, 0.15) is 31.3 Å². The van der Waals surface area contributed by atoms with Crippen LogP contribution in [0.3, 0.4) is 0 Å². The third-order valence-corrected chi connectivity index (χ3v) is 4.41. The van der Waals surface area contributed by atoms with Gasteiger partial charge < -0.3 is 14.8 Å². The number of rotatable bonds is 4. The fraction of sp³-hybridized carbons (Fsp3) is 0.692. The van der Waals surface area contributed by atoms with Crippen molar-refractivity contribution in [1.29, 1.82) is 0 Å². The lowest BCUT2D eigenvalue weighted by Crippen LogP contribution is -2.37. The monoisotopic (exact) mass is 329 g/mol. The van der Waals surface area contributed by atoms with Crippen molar-refractivity contribution < 1.29 is 9.47 Å². The average molecular weight is 330 g/mol. The summed E-state index contributed by atoms with van der Waals surface area (Å²) in [5.74, 6) is 1.57. The summed E-state index contributed by atoms with van der Waals surface area (Å²) >= 11 is 3.53. The number of aryl methyl sites for hydroxylation is 1. The highest BCUT2D eigenvalue weighted by Gasteiger charge is 2.38. The number of nitrogens with zero attached hydrogens (tertiary/aromatic N) is 2. The summed E-state index contributed by atoms with van der Waals surface area (Å²) in [4.78, 5) is 9.24. The minimum atomic E-state index is -0.423. The van der Waals surface area contributed by atoms with E-state index in [1.807, 2.05) is 13.8 Å². The van der Waals surface area contributed by atoms with Crippen molar-refractivity contribution >= 4 is 21.7 Å². The maximum absolute atomic E-state index is 5.74. The van der Waals surface area contributed by atoms with Crippen LogP contribution in [-0.2, 0) is 15.1 Å². The molecule has 2 heterocycles. The van der Waals surface area contributed by atoms with E-state index < -0.39 is 5.60 Å². The fourth-order valence-electron chi connectivity index (χ4n) is 2.27. The summed E-state index contributed by atoms with van der Waals surface area (Å²) in [7, 11) is 1.72. The zero-order valence-corrected chi connectivity index (χ0v) is 13.2. The maximum Gasteiger partial charge on any atom is 0.163 e. The van der Waals surface area contributed by atoms with Crippen molar-refractivity contribution in [2.24, 2.45) is 0 Å². The first-order chi connectivity index (χ1) is 9.13. The van der Waals surface area contributed by atoms with Crippen LogP contribution in [0.15, 0.2) is 4.47 Å². The standard InChI is InChI=1S/C13H20BrN3O2/c1-4-15-11-10(14)9(2)16-12(17-11)13(18-3)5-7-19-8-6-13/h4-8H2,1-3H3,(H,15,16,17). The van der Waals surface area contributed by atoms with E-state index in [2.05, 4.69) is 31.2 Å². The first-order valence-corrected chi connectivity index (χ1v) is 7.33. The number of methoxy groups -OCH3 is 1. The topological polar surface area (TPSA) is 56.3 Å². The van der Waals surface area contributed by atoms with Crippen molar-refractivity contribution in [1.82, 2.24) is 9.97 Å². The highest BCUT2D eigenvalue weighted by atomic mass is 79.9. The molecule has 0 spiro atoms. The van der Waals surface area contributed by atoms with E-state index in [9.17, 15) is 0 Å². The van der Waals surface area contributed by atoms with Gasteiger partial charge in [-0.15, -0.1) is 0 Å². The van der Waals surface area contributed by atoms with Gasteiger partial charge in [-0.25, -0.2) is 9.97 Å². The van der Waals surface area contributed by atoms with Crippen LogP contribution >= 0.6 is 15.9 Å². The van der Waals surface area contributed by atoms with Crippen LogP contribution in [0.4, 0.5) is 5.82 Å². The number of anilines is 1. The molecule has 0 aromatic carbocycles. The Morgan fingerprint density at radius 3 is 2.63 bits per heavy atom.